The standard InChI is InChI=1S/C28H23ClF2N4O2.C21H17Cl2FN4O2/c1-2-26(37)34-10-12-35(13-11-34)28-20-16-22(29)21(27-23(31)4-3-5-25(27)36)15-19(20)24(32-33-28)14-17-6-8-18(30)9-7-17;1-2-18(30)27-6-8-28(9-7-27)21-13-11-15(22)14(10-12(13)20(23)25-26-21)19-16(24)4-3-5-17(19)29/h2-9,15-16,36H,1,10-14H2;2-5,10-11,29H,1,6-9H2. The number of anilines is 2. The highest BCUT2D eigenvalue weighted by molar-refractivity contribution is 6.37. The van der Waals surface area contributed by atoms with Crippen LogP contribution in [0.2, 0.25) is 15.2 Å². The lowest BCUT2D eigenvalue weighted by Crippen LogP contribution is -2.48. The zero-order chi connectivity index (χ0) is 47.5. The van der Waals surface area contributed by atoms with Crippen molar-refractivity contribution in [2.45, 2.75) is 6.42 Å². The van der Waals surface area contributed by atoms with Crippen LogP contribution >= 0.6 is 34.8 Å². The van der Waals surface area contributed by atoms with Crippen LogP contribution < -0.4 is 9.80 Å². The van der Waals surface area contributed by atoms with E-state index in [0.29, 0.717) is 109 Å². The van der Waals surface area contributed by atoms with E-state index in [1.807, 2.05) is 9.80 Å². The molecular formula is C49H40Cl3F3N8O4. The van der Waals surface area contributed by atoms with Crippen molar-refractivity contribution in [1.29, 1.82) is 0 Å². The van der Waals surface area contributed by atoms with Crippen LogP contribution in [-0.2, 0) is 16.0 Å². The van der Waals surface area contributed by atoms with Gasteiger partial charge in [0, 0.05) is 101 Å². The average Bonchev–Trinajstić information content (AvgIpc) is 3.32. The van der Waals surface area contributed by atoms with Crippen LogP contribution in [0.4, 0.5) is 24.8 Å². The van der Waals surface area contributed by atoms with E-state index in [1.54, 1.807) is 46.2 Å². The largest absolute Gasteiger partial charge is 0.507 e. The van der Waals surface area contributed by atoms with Gasteiger partial charge in [-0.25, -0.2) is 13.2 Å². The molecule has 0 bridgehead atoms. The topological polar surface area (TPSA) is 139 Å². The monoisotopic (exact) mass is 966 g/mol. The summed E-state index contributed by atoms with van der Waals surface area (Å²) in [5.74, 6) is -1.07. The fraction of sp³-hybridized carbons (Fsp3) is 0.184. The Morgan fingerprint density at radius 1 is 0.582 bits per heavy atom. The Balaban J connectivity index is 0.000000186. The molecule has 0 saturated carbocycles. The Morgan fingerprint density at radius 2 is 1.03 bits per heavy atom. The number of hydrogen-bond acceptors (Lipinski definition) is 10. The molecule has 2 saturated heterocycles. The summed E-state index contributed by atoms with van der Waals surface area (Å²) in [6.07, 6.45) is 2.96. The van der Waals surface area contributed by atoms with Crippen molar-refractivity contribution in [3.63, 3.8) is 0 Å². The molecule has 18 heteroatoms. The van der Waals surface area contributed by atoms with Crippen LogP contribution in [-0.4, -0.2) is 105 Å². The molecule has 2 amide bonds. The molecule has 0 spiro atoms. The van der Waals surface area contributed by atoms with Gasteiger partial charge in [-0.1, -0.05) is 72.2 Å². The Labute approximate surface area is 397 Å². The second-order valence-corrected chi connectivity index (χ2v) is 16.8. The lowest BCUT2D eigenvalue weighted by Gasteiger charge is -2.35. The van der Waals surface area contributed by atoms with Gasteiger partial charge in [0.25, 0.3) is 0 Å². The van der Waals surface area contributed by atoms with Gasteiger partial charge in [-0.2, -0.15) is 5.10 Å². The summed E-state index contributed by atoms with van der Waals surface area (Å²) in [7, 11) is 0. The normalized spacial score (nSPS) is 13.9. The molecule has 2 aromatic heterocycles. The van der Waals surface area contributed by atoms with E-state index in [4.69, 9.17) is 34.8 Å². The molecule has 2 aliphatic heterocycles. The number of carbonyl (C=O) groups excluding carboxylic acids is 2. The fourth-order valence-electron chi connectivity index (χ4n) is 8.21. The quantitative estimate of drug-likeness (QED) is 0.142. The highest BCUT2D eigenvalue weighted by Gasteiger charge is 2.27. The molecule has 342 valence electrons. The third-order valence-corrected chi connectivity index (χ3v) is 12.6. The van der Waals surface area contributed by atoms with E-state index in [0.717, 1.165) is 5.56 Å². The van der Waals surface area contributed by atoms with E-state index < -0.39 is 11.6 Å². The van der Waals surface area contributed by atoms with E-state index in [1.165, 1.54) is 60.7 Å². The van der Waals surface area contributed by atoms with E-state index in [-0.39, 0.29) is 55.5 Å². The predicted molar refractivity (Wildman–Crippen MR) is 255 cm³/mol. The van der Waals surface area contributed by atoms with E-state index >= 15 is 0 Å². The van der Waals surface area contributed by atoms with Crippen LogP contribution in [0.25, 0.3) is 43.8 Å². The van der Waals surface area contributed by atoms with Gasteiger partial charge >= 0.3 is 0 Å². The summed E-state index contributed by atoms with van der Waals surface area (Å²) in [5, 5.41) is 41.1. The minimum absolute atomic E-state index is 0.00273. The number of carbonyl (C=O) groups is 2. The molecular weight excluding hydrogens is 928 g/mol. The van der Waals surface area contributed by atoms with Crippen LogP contribution in [0.5, 0.6) is 11.5 Å². The maximum atomic E-state index is 14.8. The van der Waals surface area contributed by atoms with Crippen LogP contribution in [0.15, 0.2) is 110 Å². The molecule has 2 N–H and O–H groups in total. The minimum Gasteiger partial charge on any atom is -0.507 e. The summed E-state index contributed by atoms with van der Waals surface area (Å²) in [6.45, 7) is 11.3. The van der Waals surface area contributed by atoms with Crippen molar-refractivity contribution >= 4 is 79.8 Å². The Hall–Kier alpha value is -6.94. The molecule has 4 heterocycles. The first-order valence-corrected chi connectivity index (χ1v) is 22.1. The summed E-state index contributed by atoms with van der Waals surface area (Å²) in [4.78, 5) is 31.3. The van der Waals surface area contributed by atoms with Crippen molar-refractivity contribution < 1.29 is 33.0 Å². The van der Waals surface area contributed by atoms with Crippen molar-refractivity contribution in [2.75, 3.05) is 62.2 Å². The van der Waals surface area contributed by atoms with E-state index in [2.05, 4.69) is 33.6 Å². The summed E-state index contributed by atoms with van der Waals surface area (Å²) in [5.41, 5.74) is 2.05. The van der Waals surface area contributed by atoms with Gasteiger partial charge in [-0.3, -0.25) is 9.59 Å². The number of halogens is 6. The van der Waals surface area contributed by atoms with E-state index in [9.17, 15) is 33.0 Å². The SMILES string of the molecule is C=CC(=O)N1CCN(c2nnc(Cc3ccc(F)cc3)c3cc(-c4c(O)cccc4F)c(Cl)cc23)CC1.C=CC(=O)N1CCN(c2nnc(Cl)c3cc(-c4c(O)cccc4F)c(Cl)cc23)CC1. The first-order chi connectivity index (χ1) is 32.3. The average molecular weight is 968 g/mol. The molecule has 0 aliphatic carbocycles. The molecule has 2 fully saturated rings. The maximum absolute atomic E-state index is 14.8. The number of rotatable bonds is 8. The molecule has 67 heavy (non-hydrogen) atoms. The second-order valence-electron chi connectivity index (χ2n) is 15.6. The number of hydrogen-bond donors (Lipinski definition) is 2. The Morgan fingerprint density at radius 3 is 1.49 bits per heavy atom. The van der Waals surface area contributed by atoms with Gasteiger partial charge in [0.05, 0.1) is 16.8 Å². The van der Waals surface area contributed by atoms with Crippen LogP contribution in [0.1, 0.15) is 11.3 Å². The van der Waals surface area contributed by atoms with Crippen molar-refractivity contribution in [1.82, 2.24) is 30.2 Å². The molecule has 7 aromatic rings. The molecule has 0 unspecified atom stereocenters. The first-order valence-electron chi connectivity index (χ1n) is 20.9. The fourth-order valence-corrected chi connectivity index (χ4v) is 8.92. The smallest absolute Gasteiger partial charge is 0.246 e. The van der Waals surface area contributed by atoms with Gasteiger partial charge in [0.2, 0.25) is 11.8 Å². The first kappa shape index (κ1) is 46.6. The van der Waals surface area contributed by atoms with Crippen molar-refractivity contribution in [3.05, 3.63) is 154 Å². The Bertz CT molecular complexity index is 3030. The zero-order valence-electron chi connectivity index (χ0n) is 35.6. The molecule has 9 rings (SSSR count). The molecule has 5 aromatic carbocycles. The summed E-state index contributed by atoms with van der Waals surface area (Å²) in [6, 6.07) is 20.9. The predicted octanol–water partition coefficient (Wildman–Crippen LogP) is 9.64. The number of phenolic OH excluding ortho intramolecular Hbond substituents is 2. The number of piperazine rings is 2. The Kier molecular flexibility index (Phi) is 13.8. The lowest BCUT2D eigenvalue weighted by molar-refractivity contribution is -0.127. The van der Waals surface area contributed by atoms with Crippen LogP contribution in [0, 0.1) is 17.5 Å². The number of fused-ring (bicyclic) bond motifs is 2. The molecule has 0 atom stereocenters. The molecule has 12 nitrogen and oxygen atoms in total. The number of benzene rings is 5. The van der Waals surface area contributed by atoms with Gasteiger partial charge in [0.1, 0.15) is 29.0 Å². The third kappa shape index (κ3) is 9.66. The molecule has 2 aliphatic rings. The molecule has 0 radical (unpaired) electrons. The third-order valence-electron chi connectivity index (χ3n) is 11.7. The number of aromatic nitrogens is 4. The lowest BCUT2D eigenvalue weighted by atomic mass is 9.97. The van der Waals surface area contributed by atoms with Gasteiger partial charge < -0.3 is 29.8 Å². The minimum atomic E-state index is -0.605. The highest BCUT2D eigenvalue weighted by Crippen LogP contribution is 2.43. The van der Waals surface area contributed by atoms with Crippen molar-refractivity contribution in [2.24, 2.45) is 0 Å². The van der Waals surface area contributed by atoms with Crippen LogP contribution in [0.3, 0.4) is 0 Å². The summed E-state index contributed by atoms with van der Waals surface area (Å²) >= 11 is 19.4. The summed E-state index contributed by atoms with van der Waals surface area (Å²) < 4.78 is 42.6. The zero-order valence-corrected chi connectivity index (χ0v) is 37.8. The van der Waals surface area contributed by atoms with Gasteiger partial charge in [0.15, 0.2) is 16.8 Å². The number of nitrogens with zero attached hydrogens (tertiary/aromatic N) is 8. The number of amides is 2. The number of phenols is 2. The number of aromatic hydroxyl groups is 2. The van der Waals surface area contributed by atoms with Gasteiger partial charge in [-0.15, -0.1) is 15.3 Å². The van der Waals surface area contributed by atoms with Crippen molar-refractivity contribution in [3.8, 4) is 33.8 Å². The van der Waals surface area contributed by atoms with Gasteiger partial charge in [-0.05, 0) is 78.4 Å². The second kappa shape index (κ2) is 19.9. The highest BCUT2D eigenvalue weighted by atomic mass is 35.5. The maximum Gasteiger partial charge on any atom is 0.246 e.